The van der Waals surface area contributed by atoms with Crippen molar-refractivity contribution in [2.75, 3.05) is 0 Å². The van der Waals surface area contributed by atoms with Gasteiger partial charge in [0.15, 0.2) is 0 Å². The molecule has 8 rings (SSSR count). The first-order chi connectivity index (χ1) is 24.8. The van der Waals surface area contributed by atoms with Gasteiger partial charge in [0.2, 0.25) is 0 Å². The van der Waals surface area contributed by atoms with Crippen LogP contribution in [0.25, 0.3) is 0 Å². The molecule has 0 unspecified atom stereocenters. The van der Waals surface area contributed by atoms with Crippen molar-refractivity contribution in [3.63, 3.8) is 0 Å². The van der Waals surface area contributed by atoms with Gasteiger partial charge in [0.05, 0.1) is 0 Å². The summed E-state index contributed by atoms with van der Waals surface area (Å²) in [6.45, 7) is 0. The van der Waals surface area contributed by atoms with E-state index in [1.54, 1.807) is 0 Å². The molecule has 0 N–H and O–H groups in total. The molecule has 0 bridgehead atoms. The van der Waals surface area contributed by atoms with E-state index in [1.165, 1.54) is 42.4 Å². The minimum absolute atomic E-state index is 0. The van der Waals surface area contributed by atoms with Crippen molar-refractivity contribution >= 4 is 57.0 Å². The van der Waals surface area contributed by atoms with Crippen molar-refractivity contribution in [1.82, 2.24) is 0 Å². The topological polar surface area (TPSA) is 0 Å². The second kappa shape index (κ2) is 18.8. The average Bonchev–Trinajstić information content (AvgIpc) is 3.22. The molecule has 8 aromatic rings. The van der Waals surface area contributed by atoms with Gasteiger partial charge in [-0.2, -0.15) is 0 Å². The Labute approximate surface area is 327 Å². The van der Waals surface area contributed by atoms with Gasteiger partial charge in [0, 0.05) is 0 Å². The molecule has 52 heavy (non-hydrogen) atoms. The lowest BCUT2D eigenvalue weighted by Crippen LogP contribution is -3.00. The van der Waals surface area contributed by atoms with Gasteiger partial charge in [-0.3, -0.25) is 0 Å². The van der Waals surface area contributed by atoms with Crippen LogP contribution in [0.4, 0.5) is 0 Å². The summed E-state index contributed by atoms with van der Waals surface area (Å²) in [5.41, 5.74) is 0. The van der Waals surface area contributed by atoms with Gasteiger partial charge in [0.25, 0.3) is 0 Å². The minimum Gasteiger partial charge on any atom is -1.00 e. The molecule has 0 fully saturated rings. The first-order valence-corrected chi connectivity index (χ1v) is 20.7. The predicted molar refractivity (Wildman–Crippen MR) is 222 cm³/mol. The number of hydrogen-bond acceptors (Lipinski definition) is 0. The van der Waals surface area contributed by atoms with E-state index in [9.17, 15) is 0 Å². The largest absolute Gasteiger partial charge is 1.00 e. The molecule has 4 heteroatoms. The van der Waals surface area contributed by atoms with Crippen LogP contribution in [0.2, 0.25) is 0 Å². The molecule has 0 radical (unpaired) electrons. The summed E-state index contributed by atoms with van der Waals surface area (Å²) in [6, 6.07) is 87.7. The van der Waals surface area contributed by atoms with E-state index in [2.05, 4.69) is 243 Å². The first-order valence-electron chi connectivity index (χ1n) is 17.1. The first kappa shape index (κ1) is 38.6. The third-order valence-corrected chi connectivity index (χ3v) is 17.7. The molecule has 0 aliphatic heterocycles. The standard InChI is InChI=1S/2C24H20P.BrH.ClH/c2*1-5-13-21(14-6-1)25(22-15-7-2-8-16-22,23-17-9-3-10-18-23)24-19-11-4-12-20-24;;/h2*1-20H;2*1H/q2*+1;;/p-2. The van der Waals surface area contributed by atoms with E-state index < -0.39 is 14.5 Å². The van der Waals surface area contributed by atoms with E-state index in [4.69, 9.17) is 0 Å². The molecule has 0 aromatic heterocycles. The Kier molecular flexibility index (Phi) is 13.9. The van der Waals surface area contributed by atoms with Gasteiger partial charge in [-0.15, -0.1) is 0 Å². The maximum absolute atomic E-state index is 2.28. The highest BCUT2D eigenvalue weighted by Gasteiger charge is 2.48. The highest BCUT2D eigenvalue weighted by atomic mass is 79.9. The SMILES string of the molecule is [Br-].[Cl-].c1ccc([P+](c2ccccc2)(c2ccccc2)c2ccccc2)cc1.c1ccc([P+](c2ccccc2)(c2ccccc2)c2ccccc2)cc1. The quantitative estimate of drug-likeness (QED) is 0.208. The van der Waals surface area contributed by atoms with Crippen LogP contribution in [-0.4, -0.2) is 0 Å². The zero-order valence-electron chi connectivity index (χ0n) is 28.7. The third kappa shape index (κ3) is 7.76. The molecule has 0 saturated carbocycles. The summed E-state index contributed by atoms with van der Waals surface area (Å²) >= 11 is 0. The van der Waals surface area contributed by atoms with E-state index >= 15 is 0 Å². The summed E-state index contributed by atoms with van der Waals surface area (Å²) < 4.78 is 0. The molecule has 256 valence electrons. The van der Waals surface area contributed by atoms with Crippen molar-refractivity contribution in [2.45, 2.75) is 0 Å². The fourth-order valence-electron chi connectivity index (χ4n) is 7.00. The van der Waals surface area contributed by atoms with Crippen molar-refractivity contribution in [3.05, 3.63) is 243 Å². The van der Waals surface area contributed by atoms with Crippen molar-refractivity contribution in [3.8, 4) is 0 Å². The minimum atomic E-state index is -1.91. The summed E-state index contributed by atoms with van der Waals surface area (Å²) in [7, 11) is -3.81. The zero-order valence-corrected chi connectivity index (χ0v) is 32.9. The summed E-state index contributed by atoms with van der Waals surface area (Å²) in [6.07, 6.45) is 0. The number of hydrogen-bond donors (Lipinski definition) is 0. The van der Waals surface area contributed by atoms with Crippen LogP contribution in [0.3, 0.4) is 0 Å². The van der Waals surface area contributed by atoms with E-state index in [0.29, 0.717) is 0 Å². The maximum atomic E-state index is 2.28. The molecule has 0 heterocycles. The Bertz CT molecular complexity index is 1680. The van der Waals surface area contributed by atoms with Gasteiger partial charge >= 0.3 is 0 Å². The Hall–Kier alpha value is -4.61. The maximum Gasteiger partial charge on any atom is 0.144 e. The highest BCUT2D eigenvalue weighted by Crippen LogP contribution is 2.55. The van der Waals surface area contributed by atoms with Crippen LogP contribution in [0.5, 0.6) is 0 Å². The molecule has 0 atom stereocenters. The van der Waals surface area contributed by atoms with E-state index in [0.717, 1.165) is 0 Å². The predicted octanol–water partition coefficient (Wildman–Crippen LogP) is 2.62. The Balaban J connectivity index is 0.000000194. The molecule has 0 aliphatic rings. The number of rotatable bonds is 8. The van der Waals surface area contributed by atoms with Gasteiger partial charge in [-0.1, -0.05) is 146 Å². The van der Waals surface area contributed by atoms with Crippen molar-refractivity contribution in [1.29, 1.82) is 0 Å². The second-order valence-corrected chi connectivity index (χ2v) is 18.8. The van der Waals surface area contributed by atoms with Gasteiger partial charge in [-0.05, 0) is 97.1 Å². The van der Waals surface area contributed by atoms with Crippen LogP contribution in [-0.2, 0) is 0 Å². The zero-order chi connectivity index (χ0) is 33.9. The van der Waals surface area contributed by atoms with Crippen LogP contribution in [0.15, 0.2) is 243 Å². The molecule has 0 amide bonds. The lowest BCUT2D eigenvalue weighted by molar-refractivity contribution is -0.00100. The molecular weight excluding hydrogens is 754 g/mol. The van der Waals surface area contributed by atoms with Crippen molar-refractivity contribution < 1.29 is 29.4 Å². The average molecular weight is 794 g/mol. The second-order valence-electron chi connectivity index (χ2n) is 12.0. The van der Waals surface area contributed by atoms with Crippen LogP contribution < -0.4 is 71.8 Å². The van der Waals surface area contributed by atoms with Crippen molar-refractivity contribution in [2.24, 2.45) is 0 Å². The fourth-order valence-corrected chi connectivity index (χ4v) is 15.5. The molecule has 8 aromatic carbocycles. The smallest absolute Gasteiger partial charge is 0.144 e. The Morgan fingerprint density at radius 2 is 0.269 bits per heavy atom. The van der Waals surface area contributed by atoms with Gasteiger partial charge in [-0.25, -0.2) is 0 Å². The summed E-state index contributed by atoms with van der Waals surface area (Å²) in [5, 5.41) is 11.1. The molecule has 0 spiro atoms. The van der Waals surface area contributed by atoms with Crippen LogP contribution >= 0.6 is 14.5 Å². The fraction of sp³-hybridized carbons (Fsp3) is 0. The third-order valence-electron chi connectivity index (χ3n) is 9.15. The van der Waals surface area contributed by atoms with E-state index in [-0.39, 0.29) is 29.4 Å². The number of benzene rings is 8. The highest BCUT2D eigenvalue weighted by molar-refractivity contribution is 8.02. The van der Waals surface area contributed by atoms with Crippen LogP contribution in [0, 0.1) is 0 Å². The van der Waals surface area contributed by atoms with Crippen LogP contribution in [0.1, 0.15) is 0 Å². The molecule has 0 aliphatic carbocycles. The summed E-state index contributed by atoms with van der Waals surface area (Å²) in [5.74, 6) is 0. The Morgan fingerprint density at radius 1 is 0.173 bits per heavy atom. The lowest BCUT2D eigenvalue weighted by Gasteiger charge is -2.27. The summed E-state index contributed by atoms with van der Waals surface area (Å²) in [4.78, 5) is 0. The lowest BCUT2D eigenvalue weighted by atomic mass is 10.3. The van der Waals surface area contributed by atoms with Gasteiger partial charge in [0.1, 0.15) is 57.0 Å². The molecule has 0 saturated heterocycles. The van der Waals surface area contributed by atoms with E-state index in [1.807, 2.05) is 0 Å². The van der Waals surface area contributed by atoms with Gasteiger partial charge < -0.3 is 29.4 Å². The monoisotopic (exact) mass is 792 g/mol. The molecule has 0 nitrogen and oxygen atoms in total. The normalized spacial score (nSPS) is 10.8. The number of halogens is 2. The molecular formula is C48H40BrClP2. The Morgan fingerprint density at radius 3 is 0.365 bits per heavy atom.